The number of amides is 3. The number of carbonyl (C=O) groups is 2. The minimum atomic E-state index is -0.140. The molecule has 2 saturated heterocycles. The molecule has 6 heteroatoms. The topological polar surface area (TPSA) is 61.9 Å². The summed E-state index contributed by atoms with van der Waals surface area (Å²) in [7, 11) is 0. The van der Waals surface area contributed by atoms with E-state index in [1.54, 1.807) is 4.90 Å². The molecule has 4 rings (SSSR count). The van der Waals surface area contributed by atoms with Gasteiger partial charge in [-0.3, -0.25) is 4.79 Å². The summed E-state index contributed by atoms with van der Waals surface area (Å²) in [6, 6.07) is 17.5. The third-order valence-corrected chi connectivity index (χ3v) is 6.19. The van der Waals surface area contributed by atoms with Gasteiger partial charge in [-0.2, -0.15) is 0 Å². The molecule has 2 heterocycles. The number of anilines is 1. The van der Waals surface area contributed by atoms with Gasteiger partial charge in [-0.05, 0) is 62.4 Å². The van der Waals surface area contributed by atoms with Gasteiger partial charge in [0.2, 0.25) is 5.91 Å². The van der Waals surface area contributed by atoms with E-state index < -0.39 is 0 Å². The molecule has 2 atom stereocenters. The van der Waals surface area contributed by atoms with Crippen LogP contribution in [0.5, 0.6) is 5.75 Å². The van der Waals surface area contributed by atoms with Gasteiger partial charge < -0.3 is 19.9 Å². The van der Waals surface area contributed by atoms with Crippen LogP contribution in [0.4, 0.5) is 10.5 Å². The normalized spacial score (nSPS) is 21.1. The van der Waals surface area contributed by atoms with Crippen LogP contribution in [-0.2, 0) is 4.79 Å². The van der Waals surface area contributed by atoms with Crippen LogP contribution >= 0.6 is 0 Å². The van der Waals surface area contributed by atoms with Gasteiger partial charge in [0, 0.05) is 25.3 Å². The third-order valence-electron chi connectivity index (χ3n) is 6.19. The van der Waals surface area contributed by atoms with E-state index in [0.29, 0.717) is 19.7 Å². The number of benzene rings is 2. The Morgan fingerprint density at radius 3 is 2.48 bits per heavy atom. The lowest BCUT2D eigenvalue weighted by atomic mass is 9.95. The first-order valence-electron chi connectivity index (χ1n) is 11.3. The fraction of sp³-hybridized carbons (Fsp3) is 0.440. The van der Waals surface area contributed by atoms with Gasteiger partial charge in [-0.1, -0.05) is 30.3 Å². The second-order valence-electron chi connectivity index (χ2n) is 8.27. The standard InChI is InChI=1S/C25H31N3O3/c1-2-31-22-14-12-19(13-15-22)23-11-7-17-28(23)24(29)20-8-6-16-27(18-20)25(30)26-21-9-4-3-5-10-21/h3-5,9-10,12-15,20,23H,2,6-8,11,16-18H2,1H3,(H,26,30)/t20-,23+/m1/s1. The molecule has 3 amide bonds. The van der Waals surface area contributed by atoms with Gasteiger partial charge in [0.05, 0.1) is 18.6 Å². The summed E-state index contributed by atoms with van der Waals surface area (Å²) in [5.74, 6) is 0.890. The van der Waals surface area contributed by atoms with E-state index >= 15 is 0 Å². The van der Waals surface area contributed by atoms with Crippen molar-refractivity contribution >= 4 is 17.6 Å². The molecule has 2 aromatic rings. The first kappa shape index (κ1) is 21.2. The number of nitrogens with zero attached hydrogens (tertiary/aromatic N) is 2. The molecule has 6 nitrogen and oxygen atoms in total. The Morgan fingerprint density at radius 2 is 1.74 bits per heavy atom. The van der Waals surface area contributed by atoms with Gasteiger partial charge in [0.1, 0.15) is 5.75 Å². The smallest absolute Gasteiger partial charge is 0.321 e. The van der Waals surface area contributed by atoms with E-state index in [2.05, 4.69) is 17.4 Å². The molecule has 2 aliphatic rings. The highest BCUT2D eigenvalue weighted by molar-refractivity contribution is 5.90. The predicted molar refractivity (Wildman–Crippen MR) is 121 cm³/mol. The van der Waals surface area contributed by atoms with Crippen LogP contribution in [0.15, 0.2) is 54.6 Å². The zero-order valence-corrected chi connectivity index (χ0v) is 18.1. The summed E-state index contributed by atoms with van der Waals surface area (Å²) in [5, 5.41) is 2.94. The summed E-state index contributed by atoms with van der Waals surface area (Å²) in [4.78, 5) is 29.9. The molecule has 0 radical (unpaired) electrons. The zero-order valence-electron chi connectivity index (χ0n) is 18.1. The van der Waals surface area contributed by atoms with E-state index in [-0.39, 0.29) is 23.9 Å². The molecule has 0 aliphatic carbocycles. The second-order valence-corrected chi connectivity index (χ2v) is 8.27. The van der Waals surface area contributed by atoms with Crippen molar-refractivity contribution in [2.24, 2.45) is 5.92 Å². The number of nitrogens with one attached hydrogen (secondary N) is 1. The molecule has 164 valence electrons. The number of carbonyl (C=O) groups excluding carboxylic acids is 2. The zero-order chi connectivity index (χ0) is 21.6. The van der Waals surface area contributed by atoms with E-state index in [1.165, 1.54) is 0 Å². The lowest BCUT2D eigenvalue weighted by Gasteiger charge is -2.35. The van der Waals surface area contributed by atoms with Crippen LogP contribution in [0.1, 0.15) is 44.2 Å². The Balaban J connectivity index is 1.40. The first-order chi connectivity index (χ1) is 15.2. The van der Waals surface area contributed by atoms with Gasteiger partial charge in [0.25, 0.3) is 0 Å². The highest BCUT2D eigenvalue weighted by Crippen LogP contribution is 2.35. The Bertz CT molecular complexity index is 885. The highest BCUT2D eigenvalue weighted by atomic mass is 16.5. The maximum absolute atomic E-state index is 13.4. The fourth-order valence-electron chi connectivity index (χ4n) is 4.65. The Labute approximate surface area is 184 Å². The summed E-state index contributed by atoms with van der Waals surface area (Å²) < 4.78 is 5.55. The van der Waals surface area contributed by atoms with Gasteiger partial charge >= 0.3 is 6.03 Å². The second kappa shape index (κ2) is 9.86. The van der Waals surface area contributed by atoms with E-state index in [1.807, 2.05) is 54.3 Å². The summed E-state index contributed by atoms with van der Waals surface area (Å²) >= 11 is 0. The largest absolute Gasteiger partial charge is 0.494 e. The van der Waals surface area contributed by atoms with Crippen molar-refractivity contribution in [2.45, 2.75) is 38.6 Å². The molecule has 1 N–H and O–H groups in total. The molecular formula is C25H31N3O3. The molecule has 0 unspecified atom stereocenters. The number of rotatable bonds is 5. The van der Waals surface area contributed by atoms with Gasteiger partial charge in [-0.15, -0.1) is 0 Å². The number of likely N-dealkylation sites (tertiary alicyclic amines) is 2. The highest BCUT2D eigenvalue weighted by Gasteiger charge is 2.36. The SMILES string of the molecule is CCOc1ccc([C@@H]2CCCN2C(=O)[C@@H]2CCCN(C(=O)Nc3ccccc3)C2)cc1. The average molecular weight is 422 g/mol. The van der Waals surface area contributed by atoms with Crippen LogP contribution in [-0.4, -0.2) is 48.0 Å². The van der Waals surface area contributed by atoms with E-state index in [4.69, 9.17) is 4.74 Å². The number of urea groups is 1. The van der Waals surface area contributed by atoms with Crippen molar-refractivity contribution in [3.63, 3.8) is 0 Å². The van der Waals surface area contributed by atoms with Gasteiger partial charge in [0.15, 0.2) is 0 Å². The van der Waals surface area contributed by atoms with Crippen LogP contribution in [0, 0.1) is 5.92 Å². The lowest BCUT2D eigenvalue weighted by molar-refractivity contribution is -0.137. The number of piperidine rings is 1. The average Bonchev–Trinajstić information content (AvgIpc) is 3.30. The molecule has 2 fully saturated rings. The fourth-order valence-corrected chi connectivity index (χ4v) is 4.65. The van der Waals surface area contributed by atoms with Crippen LogP contribution < -0.4 is 10.1 Å². The number of hydrogen-bond acceptors (Lipinski definition) is 3. The maximum atomic E-state index is 13.4. The van der Waals surface area contributed by atoms with Crippen molar-refractivity contribution < 1.29 is 14.3 Å². The predicted octanol–water partition coefficient (Wildman–Crippen LogP) is 4.69. The minimum absolute atomic E-state index is 0.108. The van der Waals surface area contributed by atoms with Crippen LogP contribution in [0.25, 0.3) is 0 Å². The molecule has 0 bridgehead atoms. The molecule has 0 saturated carbocycles. The summed E-state index contributed by atoms with van der Waals surface area (Å²) in [6.07, 6.45) is 3.67. The Hall–Kier alpha value is -3.02. The minimum Gasteiger partial charge on any atom is -0.494 e. The van der Waals surface area contributed by atoms with Crippen LogP contribution in [0.3, 0.4) is 0 Å². The molecule has 2 aromatic carbocycles. The maximum Gasteiger partial charge on any atom is 0.321 e. The third kappa shape index (κ3) is 5.01. The van der Waals surface area contributed by atoms with E-state index in [9.17, 15) is 9.59 Å². The first-order valence-corrected chi connectivity index (χ1v) is 11.3. The van der Waals surface area contributed by atoms with Crippen molar-refractivity contribution in [3.8, 4) is 5.75 Å². The van der Waals surface area contributed by atoms with Crippen molar-refractivity contribution in [1.29, 1.82) is 0 Å². The molecular weight excluding hydrogens is 390 g/mol. The van der Waals surface area contributed by atoms with Crippen LogP contribution in [0.2, 0.25) is 0 Å². The molecule has 31 heavy (non-hydrogen) atoms. The Kier molecular flexibility index (Phi) is 6.75. The Morgan fingerprint density at radius 1 is 1.00 bits per heavy atom. The lowest BCUT2D eigenvalue weighted by Crippen LogP contribution is -2.47. The summed E-state index contributed by atoms with van der Waals surface area (Å²) in [5.41, 5.74) is 1.93. The van der Waals surface area contributed by atoms with Crippen molar-refractivity contribution in [1.82, 2.24) is 9.80 Å². The van der Waals surface area contributed by atoms with Crippen molar-refractivity contribution in [3.05, 3.63) is 60.2 Å². The monoisotopic (exact) mass is 421 g/mol. The van der Waals surface area contributed by atoms with Gasteiger partial charge in [-0.25, -0.2) is 4.79 Å². The number of ether oxygens (including phenoxy) is 1. The number of hydrogen-bond donors (Lipinski definition) is 1. The van der Waals surface area contributed by atoms with Crippen molar-refractivity contribution in [2.75, 3.05) is 31.6 Å². The quantitative estimate of drug-likeness (QED) is 0.762. The molecule has 0 aromatic heterocycles. The summed E-state index contributed by atoms with van der Waals surface area (Å²) in [6.45, 7) is 4.56. The molecule has 0 spiro atoms. The van der Waals surface area contributed by atoms with E-state index in [0.717, 1.165) is 49.2 Å². The molecule has 2 aliphatic heterocycles. The number of para-hydroxylation sites is 1.